The molecule has 0 aromatic heterocycles. The Kier molecular flexibility index (Phi) is 8.65. The van der Waals surface area contributed by atoms with Crippen LogP contribution in [0.1, 0.15) is 25.0 Å². The third-order valence-electron chi connectivity index (χ3n) is 4.69. The molecular weight excluding hydrogens is 477 g/mol. The Morgan fingerprint density at radius 3 is 1.74 bits per heavy atom. The average molecular weight is 506 g/mol. The first-order valence-electron chi connectivity index (χ1n) is 10.5. The van der Waals surface area contributed by atoms with Gasteiger partial charge in [-0.3, -0.25) is 18.1 Å². The molecule has 3 rings (SSSR count). The van der Waals surface area contributed by atoms with Crippen molar-refractivity contribution in [3.63, 3.8) is 0 Å². The third kappa shape index (κ3) is 8.36. The molecule has 2 N–H and O–H groups in total. The first-order valence-corrected chi connectivity index (χ1v) is 13.4. The van der Waals surface area contributed by atoms with Crippen molar-refractivity contribution in [2.45, 2.75) is 37.6 Å². The van der Waals surface area contributed by atoms with E-state index in [1.165, 1.54) is 24.3 Å². The average Bonchev–Trinajstić information content (AvgIpc) is 2.81. The van der Waals surface area contributed by atoms with Crippen LogP contribution in [0.15, 0.2) is 89.8 Å². The van der Waals surface area contributed by atoms with Crippen molar-refractivity contribution in [3.8, 4) is 0 Å². The fraction of sp³-hybridized carbons (Fsp3) is 0.250. The van der Waals surface area contributed by atoms with Gasteiger partial charge in [0.1, 0.15) is 0 Å². The predicted molar refractivity (Wildman–Crippen MR) is 130 cm³/mol. The number of anilines is 1. The molecule has 8 nitrogen and oxygen atoms in total. The number of phosphoric acid groups is 1. The summed E-state index contributed by atoms with van der Waals surface area (Å²) in [5, 5.41) is 3.10. The van der Waals surface area contributed by atoms with Crippen LogP contribution in [0.5, 0.6) is 0 Å². The number of phosphoric ester groups is 1. The van der Waals surface area contributed by atoms with Crippen molar-refractivity contribution in [3.05, 3.63) is 96.1 Å². The zero-order valence-corrected chi connectivity index (χ0v) is 20.7. The highest BCUT2D eigenvalue weighted by atomic mass is 32.2. The van der Waals surface area contributed by atoms with Crippen molar-refractivity contribution in [2.24, 2.45) is 0 Å². The fourth-order valence-corrected chi connectivity index (χ4v) is 4.88. The summed E-state index contributed by atoms with van der Waals surface area (Å²) >= 11 is 0. The Hall–Kier alpha value is -2.52. The lowest BCUT2D eigenvalue weighted by Crippen LogP contribution is -2.33. The van der Waals surface area contributed by atoms with Gasteiger partial charge in [-0.2, -0.15) is 8.42 Å². The highest BCUT2D eigenvalue weighted by Crippen LogP contribution is 2.54. The maximum Gasteiger partial charge on any atom is 0.476 e. The molecule has 182 valence electrons. The second-order valence-corrected chi connectivity index (χ2v) is 11.2. The van der Waals surface area contributed by atoms with Gasteiger partial charge in [0.25, 0.3) is 10.1 Å². The van der Waals surface area contributed by atoms with Crippen LogP contribution in [0, 0.1) is 0 Å². The molecule has 0 radical (unpaired) electrons. The molecule has 0 aliphatic rings. The predicted octanol–water partition coefficient (Wildman–Crippen LogP) is 5.68. The quantitative estimate of drug-likeness (QED) is 0.239. The molecule has 0 atom stereocenters. The van der Waals surface area contributed by atoms with Crippen molar-refractivity contribution in [1.82, 2.24) is 0 Å². The van der Waals surface area contributed by atoms with Gasteiger partial charge >= 0.3 is 7.82 Å². The summed E-state index contributed by atoms with van der Waals surface area (Å²) in [5.74, 6) is 0. The number of hydrogen-bond acceptors (Lipinski definition) is 7. The maximum absolute atomic E-state index is 13.6. The van der Waals surface area contributed by atoms with Gasteiger partial charge in [-0.1, -0.05) is 60.7 Å². The molecule has 0 fully saturated rings. The van der Waals surface area contributed by atoms with Gasteiger partial charge in [0.2, 0.25) is 0 Å². The standard InChI is InChI=1S/C24H28NO7PS/c1-24(2,19-25-22-13-15-23(16-14-22)34(27,28)29)32-33(26,30-17-20-9-5-3-6-10-20)31-18-21-11-7-4-8-12-21/h3-16,25H,17-19H2,1-2H3,(H,27,28,29). The van der Waals surface area contributed by atoms with E-state index < -0.39 is 23.5 Å². The monoisotopic (exact) mass is 505 g/mol. The number of benzene rings is 3. The Bertz CT molecular complexity index is 1150. The molecule has 0 aliphatic heterocycles. The molecule has 3 aromatic rings. The first kappa shape index (κ1) is 26.1. The number of rotatable bonds is 12. The van der Waals surface area contributed by atoms with Crippen LogP contribution >= 0.6 is 7.82 Å². The minimum Gasteiger partial charge on any atom is -0.382 e. The second-order valence-electron chi connectivity index (χ2n) is 8.17. The SMILES string of the molecule is CC(C)(CNc1ccc(S(=O)(=O)O)cc1)OP(=O)(OCc1ccccc1)OCc1ccccc1. The van der Waals surface area contributed by atoms with Gasteiger partial charge in [0.15, 0.2) is 0 Å². The van der Waals surface area contributed by atoms with E-state index in [4.69, 9.17) is 18.1 Å². The van der Waals surface area contributed by atoms with Crippen LogP contribution in [0.4, 0.5) is 5.69 Å². The van der Waals surface area contributed by atoms with E-state index in [1.54, 1.807) is 13.8 Å². The highest BCUT2D eigenvalue weighted by molar-refractivity contribution is 7.85. The number of hydrogen-bond donors (Lipinski definition) is 2. The number of nitrogens with one attached hydrogen (secondary N) is 1. The van der Waals surface area contributed by atoms with Crippen molar-refractivity contribution < 1.29 is 31.1 Å². The molecule has 3 aromatic carbocycles. The Balaban J connectivity index is 1.67. The van der Waals surface area contributed by atoms with E-state index in [1.807, 2.05) is 60.7 Å². The summed E-state index contributed by atoms with van der Waals surface area (Å²) < 4.78 is 62.3. The Labute approximate surface area is 200 Å². The van der Waals surface area contributed by atoms with E-state index in [-0.39, 0.29) is 24.7 Å². The highest BCUT2D eigenvalue weighted by Gasteiger charge is 2.35. The summed E-state index contributed by atoms with van der Waals surface area (Å²) in [6.07, 6.45) is 0. The minimum absolute atomic E-state index is 0.0491. The second kappa shape index (κ2) is 11.3. The molecule has 0 amide bonds. The van der Waals surface area contributed by atoms with Crippen molar-refractivity contribution in [1.29, 1.82) is 0 Å². The van der Waals surface area contributed by atoms with Gasteiger partial charge in [0, 0.05) is 12.2 Å². The summed E-state index contributed by atoms with van der Waals surface area (Å²) in [5.41, 5.74) is 1.26. The van der Waals surface area contributed by atoms with Gasteiger partial charge < -0.3 is 5.32 Å². The smallest absolute Gasteiger partial charge is 0.382 e. The molecule has 10 heteroatoms. The maximum atomic E-state index is 13.6. The molecule has 0 saturated heterocycles. The minimum atomic E-state index is -4.27. The molecule has 0 spiro atoms. The zero-order chi connectivity index (χ0) is 24.7. The first-order chi connectivity index (χ1) is 16.0. The lowest BCUT2D eigenvalue weighted by molar-refractivity contribution is 0.0335. The van der Waals surface area contributed by atoms with Gasteiger partial charge in [-0.15, -0.1) is 0 Å². The van der Waals surface area contributed by atoms with E-state index in [2.05, 4.69) is 5.32 Å². The summed E-state index contributed by atoms with van der Waals surface area (Å²) in [6.45, 7) is 3.78. The van der Waals surface area contributed by atoms with Crippen LogP contribution in [0.3, 0.4) is 0 Å². The molecule has 0 saturated carbocycles. The molecular formula is C24H28NO7PS. The molecule has 34 heavy (non-hydrogen) atoms. The summed E-state index contributed by atoms with van der Waals surface area (Å²) in [7, 11) is -8.24. The third-order valence-corrected chi connectivity index (χ3v) is 7.17. The van der Waals surface area contributed by atoms with Gasteiger partial charge in [0.05, 0.1) is 23.7 Å². The topological polar surface area (TPSA) is 111 Å². The largest absolute Gasteiger partial charge is 0.476 e. The summed E-state index contributed by atoms with van der Waals surface area (Å²) in [4.78, 5) is -0.207. The van der Waals surface area contributed by atoms with E-state index in [0.29, 0.717) is 5.69 Å². The zero-order valence-electron chi connectivity index (χ0n) is 19.0. The normalized spacial score (nSPS) is 12.4. The van der Waals surface area contributed by atoms with E-state index in [0.717, 1.165) is 11.1 Å². The molecule has 0 bridgehead atoms. The van der Waals surface area contributed by atoms with Crippen LogP contribution < -0.4 is 5.32 Å². The fourth-order valence-electron chi connectivity index (χ4n) is 2.94. The van der Waals surface area contributed by atoms with Crippen LogP contribution in [-0.4, -0.2) is 25.1 Å². The van der Waals surface area contributed by atoms with Crippen molar-refractivity contribution in [2.75, 3.05) is 11.9 Å². The van der Waals surface area contributed by atoms with Crippen LogP contribution in [-0.2, 0) is 41.5 Å². The van der Waals surface area contributed by atoms with Gasteiger partial charge in [-0.05, 0) is 49.2 Å². The summed E-state index contributed by atoms with van der Waals surface area (Å²) in [6, 6.07) is 24.2. The van der Waals surface area contributed by atoms with Crippen LogP contribution in [0.25, 0.3) is 0 Å². The van der Waals surface area contributed by atoms with E-state index >= 15 is 0 Å². The van der Waals surface area contributed by atoms with Crippen molar-refractivity contribution >= 4 is 23.6 Å². The molecule has 0 unspecified atom stereocenters. The lowest BCUT2D eigenvalue weighted by Gasteiger charge is -2.30. The van der Waals surface area contributed by atoms with Gasteiger partial charge in [-0.25, -0.2) is 4.57 Å². The molecule has 0 aliphatic carbocycles. The van der Waals surface area contributed by atoms with Crippen LogP contribution in [0.2, 0.25) is 0 Å². The Morgan fingerprint density at radius 1 is 0.824 bits per heavy atom. The molecule has 0 heterocycles. The van der Waals surface area contributed by atoms with E-state index in [9.17, 15) is 13.0 Å². The Morgan fingerprint density at radius 2 is 1.29 bits per heavy atom. The lowest BCUT2D eigenvalue weighted by atomic mass is 10.1.